The van der Waals surface area contributed by atoms with E-state index >= 15 is 0 Å². The van der Waals surface area contributed by atoms with Gasteiger partial charge in [0, 0.05) is 45.7 Å². The van der Waals surface area contributed by atoms with Gasteiger partial charge in [-0.15, -0.1) is 0 Å². The molecule has 2 heterocycles. The number of hydrogen-bond donors (Lipinski definition) is 1. The van der Waals surface area contributed by atoms with Crippen molar-refractivity contribution in [2.75, 3.05) is 73.1 Å². The Hall–Kier alpha value is -1.87. The van der Waals surface area contributed by atoms with Gasteiger partial charge in [0.25, 0.3) is 0 Å². The van der Waals surface area contributed by atoms with Gasteiger partial charge in [-0.3, -0.25) is 9.69 Å². The summed E-state index contributed by atoms with van der Waals surface area (Å²) in [6.45, 7) is 9.56. The van der Waals surface area contributed by atoms with Gasteiger partial charge in [-0.2, -0.15) is 0 Å². The number of rotatable bonds is 8. The number of carbonyl (C=O) groups excluding carboxylic acids is 3. The van der Waals surface area contributed by atoms with Gasteiger partial charge in [-0.25, -0.2) is 9.59 Å². The van der Waals surface area contributed by atoms with Crippen molar-refractivity contribution in [3.05, 3.63) is 0 Å². The Morgan fingerprint density at radius 1 is 1.03 bits per heavy atom. The highest BCUT2D eigenvalue weighted by Crippen LogP contribution is 2.30. The van der Waals surface area contributed by atoms with Gasteiger partial charge in [-0.1, -0.05) is 13.3 Å². The summed E-state index contributed by atoms with van der Waals surface area (Å²) < 4.78 is 5.34. The number of carbonyl (C=O) groups is 3. The molecule has 2 aliphatic heterocycles. The first-order valence-electron chi connectivity index (χ1n) is 11.7. The van der Waals surface area contributed by atoms with Crippen molar-refractivity contribution in [3.63, 3.8) is 0 Å². The summed E-state index contributed by atoms with van der Waals surface area (Å²) >= 11 is 0. The maximum Gasteiger partial charge on any atom is 0.324 e. The van der Waals surface area contributed by atoms with Gasteiger partial charge in [0.2, 0.25) is 5.91 Å². The highest BCUT2D eigenvalue weighted by Gasteiger charge is 2.35. The molecule has 0 aromatic rings. The number of nitrogens with one attached hydrogen (secondary N) is 1. The SMILES string of the molecule is CCC1CN(C(=O)N2CCOCC2)CCC1CC(=O)N(CC)C(=O)NCCCN(C)C. The smallest absolute Gasteiger partial charge is 0.324 e. The Balaban J connectivity index is 1.85. The van der Waals surface area contributed by atoms with Crippen molar-refractivity contribution >= 4 is 18.0 Å². The van der Waals surface area contributed by atoms with E-state index in [1.54, 1.807) is 0 Å². The molecule has 2 saturated heterocycles. The molecule has 0 radical (unpaired) electrons. The van der Waals surface area contributed by atoms with Crippen LogP contribution >= 0.6 is 0 Å². The average molecular weight is 440 g/mol. The summed E-state index contributed by atoms with van der Waals surface area (Å²) in [7, 11) is 3.99. The Kier molecular flexibility index (Phi) is 10.5. The third kappa shape index (κ3) is 7.64. The number of amides is 5. The van der Waals surface area contributed by atoms with Gasteiger partial charge < -0.3 is 24.8 Å². The first-order chi connectivity index (χ1) is 14.9. The molecule has 178 valence electrons. The fourth-order valence-corrected chi connectivity index (χ4v) is 4.39. The topological polar surface area (TPSA) is 85.4 Å². The molecule has 9 heteroatoms. The molecular weight excluding hydrogens is 398 g/mol. The normalized spacial score (nSPS) is 21.8. The second-order valence-corrected chi connectivity index (χ2v) is 8.78. The van der Waals surface area contributed by atoms with Gasteiger partial charge in [0.1, 0.15) is 0 Å². The van der Waals surface area contributed by atoms with Gasteiger partial charge >= 0.3 is 12.1 Å². The molecule has 0 spiro atoms. The molecule has 9 nitrogen and oxygen atoms in total. The Labute approximate surface area is 187 Å². The molecule has 2 fully saturated rings. The standard InChI is InChI=1S/C22H41N5O4/c1-5-18-17-26(22(30)25-12-14-31-15-13-25)11-8-19(18)16-20(28)27(6-2)21(29)23-9-7-10-24(3)4/h18-19H,5-17H2,1-4H3,(H,23,29). The van der Waals surface area contributed by atoms with E-state index in [2.05, 4.69) is 17.1 Å². The molecule has 2 atom stereocenters. The highest BCUT2D eigenvalue weighted by atomic mass is 16.5. The number of morpholine rings is 1. The average Bonchev–Trinajstić information content (AvgIpc) is 2.77. The second-order valence-electron chi connectivity index (χ2n) is 8.78. The van der Waals surface area contributed by atoms with Crippen LogP contribution < -0.4 is 5.32 Å². The molecule has 2 rings (SSSR count). The van der Waals surface area contributed by atoms with Gasteiger partial charge in [0.05, 0.1) is 13.2 Å². The van der Waals surface area contributed by atoms with Gasteiger partial charge in [0.15, 0.2) is 0 Å². The lowest BCUT2D eigenvalue weighted by Crippen LogP contribution is -2.53. The number of hydrogen-bond acceptors (Lipinski definition) is 5. The first-order valence-corrected chi connectivity index (χ1v) is 11.7. The van der Waals surface area contributed by atoms with Crippen LogP contribution in [0.1, 0.15) is 39.5 Å². The molecule has 1 N–H and O–H groups in total. The first kappa shape index (κ1) is 25.4. The van der Waals surface area contributed by atoms with E-state index in [1.165, 1.54) is 4.90 Å². The fourth-order valence-electron chi connectivity index (χ4n) is 4.39. The van der Waals surface area contributed by atoms with E-state index in [0.717, 1.165) is 25.8 Å². The number of imide groups is 1. The van der Waals surface area contributed by atoms with Crippen LogP contribution in [0.4, 0.5) is 9.59 Å². The molecule has 0 aromatic heterocycles. The van der Waals surface area contributed by atoms with E-state index in [1.807, 2.05) is 30.8 Å². The number of ether oxygens (including phenoxy) is 1. The minimum Gasteiger partial charge on any atom is -0.378 e. The summed E-state index contributed by atoms with van der Waals surface area (Å²) in [6.07, 6.45) is 2.91. The molecule has 0 bridgehead atoms. The number of urea groups is 2. The quantitative estimate of drug-likeness (QED) is 0.582. The number of likely N-dealkylation sites (tertiary alicyclic amines) is 1. The van der Waals surface area contributed by atoms with E-state index < -0.39 is 0 Å². The van der Waals surface area contributed by atoms with E-state index in [-0.39, 0.29) is 29.8 Å². The van der Waals surface area contributed by atoms with Crippen molar-refractivity contribution in [1.29, 1.82) is 0 Å². The summed E-state index contributed by atoms with van der Waals surface area (Å²) in [4.78, 5) is 45.4. The lowest BCUT2D eigenvalue weighted by molar-refractivity contribution is -0.130. The summed E-state index contributed by atoms with van der Waals surface area (Å²) in [5.74, 6) is 0.343. The van der Waals surface area contributed by atoms with Crippen LogP contribution in [-0.2, 0) is 9.53 Å². The third-order valence-electron chi connectivity index (χ3n) is 6.33. The zero-order valence-electron chi connectivity index (χ0n) is 19.8. The van der Waals surface area contributed by atoms with Crippen molar-refractivity contribution < 1.29 is 19.1 Å². The molecule has 2 unspecified atom stereocenters. The molecular formula is C22H41N5O4. The van der Waals surface area contributed by atoms with Crippen molar-refractivity contribution in [1.82, 2.24) is 24.9 Å². The number of piperidine rings is 1. The Morgan fingerprint density at radius 2 is 1.74 bits per heavy atom. The number of nitrogens with zero attached hydrogens (tertiary/aromatic N) is 4. The van der Waals surface area contributed by atoms with E-state index in [0.29, 0.717) is 58.9 Å². The molecule has 31 heavy (non-hydrogen) atoms. The fraction of sp³-hybridized carbons (Fsp3) is 0.864. The predicted molar refractivity (Wildman–Crippen MR) is 120 cm³/mol. The Bertz CT molecular complexity index is 594. The van der Waals surface area contributed by atoms with Crippen LogP contribution in [0, 0.1) is 11.8 Å². The van der Waals surface area contributed by atoms with Crippen molar-refractivity contribution in [2.45, 2.75) is 39.5 Å². The van der Waals surface area contributed by atoms with Crippen LogP contribution in [0.2, 0.25) is 0 Å². The lowest BCUT2D eigenvalue weighted by atomic mass is 9.81. The zero-order valence-corrected chi connectivity index (χ0v) is 19.8. The molecule has 0 aromatic carbocycles. The second kappa shape index (κ2) is 12.9. The van der Waals surface area contributed by atoms with Crippen LogP contribution in [0.5, 0.6) is 0 Å². The maximum absolute atomic E-state index is 12.9. The maximum atomic E-state index is 12.9. The summed E-state index contributed by atoms with van der Waals surface area (Å²) in [5.41, 5.74) is 0. The summed E-state index contributed by atoms with van der Waals surface area (Å²) in [5, 5.41) is 2.86. The van der Waals surface area contributed by atoms with E-state index in [4.69, 9.17) is 4.74 Å². The monoisotopic (exact) mass is 439 g/mol. The predicted octanol–water partition coefficient (Wildman–Crippen LogP) is 1.69. The van der Waals surface area contributed by atoms with Gasteiger partial charge in [-0.05, 0) is 52.2 Å². The molecule has 2 aliphatic rings. The summed E-state index contributed by atoms with van der Waals surface area (Å²) in [6, 6.07) is -0.224. The lowest BCUT2D eigenvalue weighted by Gasteiger charge is -2.41. The third-order valence-corrected chi connectivity index (χ3v) is 6.33. The van der Waals surface area contributed by atoms with Crippen LogP contribution in [0.15, 0.2) is 0 Å². The van der Waals surface area contributed by atoms with E-state index in [9.17, 15) is 14.4 Å². The molecule has 0 saturated carbocycles. The largest absolute Gasteiger partial charge is 0.378 e. The zero-order chi connectivity index (χ0) is 22.8. The highest BCUT2D eigenvalue weighted by molar-refractivity contribution is 5.94. The Morgan fingerprint density at radius 3 is 2.35 bits per heavy atom. The van der Waals surface area contributed by atoms with Crippen LogP contribution in [-0.4, -0.2) is 111 Å². The minimum atomic E-state index is -0.306. The van der Waals surface area contributed by atoms with Crippen molar-refractivity contribution in [2.24, 2.45) is 11.8 Å². The molecule has 0 aliphatic carbocycles. The van der Waals surface area contributed by atoms with Crippen LogP contribution in [0.3, 0.4) is 0 Å². The van der Waals surface area contributed by atoms with Crippen LogP contribution in [0.25, 0.3) is 0 Å². The molecule has 5 amide bonds. The minimum absolute atomic E-state index is 0.0822. The van der Waals surface area contributed by atoms with Crippen molar-refractivity contribution in [3.8, 4) is 0 Å².